The first-order valence-electron chi connectivity index (χ1n) is 13.5. The number of ketones is 3. The summed E-state index contributed by atoms with van der Waals surface area (Å²) in [6, 6.07) is 2.06. The number of hydrogen-bond acceptors (Lipinski definition) is 6. The van der Waals surface area contributed by atoms with Gasteiger partial charge in [-0.1, -0.05) is 40.2 Å². The van der Waals surface area contributed by atoms with Crippen LogP contribution in [0, 0.1) is 17.3 Å². The number of phenols is 1. The maximum atomic E-state index is 14.1. The summed E-state index contributed by atoms with van der Waals surface area (Å²) in [5.74, 6) is -2.87. The molecule has 0 saturated heterocycles. The summed E-state index contributed by atoms with van der Waals surface area (Å²) in [4.78, 5) is 38.9. The van der Waals surface area contributed by atoms with Crippen LogP contribution in [0.3, 0.4) is 0 Å². The Morgan fingerprint density at radius 1 is 1.11 bits per heavy atom. The van der Waals surface area contributed by atoms with Crippen LogP contribution in [0.15, 0.2) is 28.5 Å². The largest absolute Gasteiger partial charge is 0.508 e. The average Bonchev–Trinajstić information content (AvgIpc) is 2.78. The van der Waals surface area contributed by atoms with Crippen LogP contribution in [-0.2, 0) is 28.9 Å². The zero-order valence-electron chi connectivity index (χ0n) is 23.0. The van der Waals surface area contributed by atoms with Gasteiger partial charge in [0.25, 0.3) is 0 Å². The Hall–Kier alpha value is -2.73. The molecule has 0 heterocycles. The lowest BCUT2D eigenvalue weighted by molar-refractivity contribution is -0.126. The molecular weight excluding hydrogens is 468 g/mol. The minimum absolute atomic E-state index is 0.0182. The summed E-state index contributed by atoms with van der Waals surface area (Å²) in [6.07, 6.45) is 5.07. The van der Waals surface area contributed by atoms with E-state index in [9.17, 15) is 29.7 Å². The Labute approximate surface area is 219 Å². The average molecular weight is 509 g/mol. The van der Waals surface area contributed by atoms with Gasteiger partial charge < -0.3 is 15.3 Å². The summed E-state index contributed by atoms with van der Waals surface area (Å²) < 4.78 is 0. The fourth-order valence-electron chi connectivity index (χ4n) is 6.78. The van der Waals surface area contributed by atoms with E-state index >= 15 is 0 Å². The quantitative estimate of drug-likeness (QED) is 0.437. The number of fused-ring (bicyclic) bond motifs is 3. The highest BCUT2D eigenvalue weighted by molar-refractivity contribution is 6.21. The van der Waals surface area contributed by atoms with Crippen molar-refractivity contribution < 1.29 is 29.7 Å². The first kappa shape index (κ1) is 27.3. The lowest BCUT2D eigenvalue weighted by atomic mass is 9.58. The fraction of sp³-hybridized carbons (Fsp3) is 0.581. The van der Waals surface area contributed by atoms with Gasteiger partial charge in [0.2, 0.25) is 0 Å². The number of allylic oxidation sites excluding steroid dienone is 2. The van der Waals surface area contributed by atoms with Gasteiger partial charge in [-0.3, -0.25) is 14.4 Å². The topological polar surface area (TPSA) is 112 Å². The molecule has 0 aromatic heterocycles. The molecule has 0 saturated carbocycles. The van der Waals surface area contributed by atoms with Gasteiger partial charge in [-0.15, -0.1) is 0 Å². The molecule has 6 heteroatoms. The van der Waals surface area contributed by atoms with Gasteiger partial charge in [0.1, 0.15) is 22.7 Å². The van der Waals surface area contributed by atoms with Crippen molar-refractivity contribution in [3.05, 3.63) is 50.8 Å². The highest BCUT2D eigenvalue weighted by Crippen LogP contribution is 2.53. The molecule has 3 aliphatic carbocycles. The van der Waals surface area contributed by atoms with E-state index in [1.54, 1.807) is 6.92 Å². The molecule has 37 heavy (non-hydrogen) atoms. The molecule has 0 spiro atoms. The maximum absolute atomic E-state index is 14.1. The molecule has 200 valence electrons. The third-order valence-corrected chi connectivity index (χ3v) is 8.60. The standard InChI is InChI=1S/C31H40O6/c1-7-9-18-12-19(10-8-11-30(4,5)6)27(34)26-22(18)14-20-13-21-15-23(33)25(17(3)32)29(36)31(21,37)16(2)24(20)28(26)35/h12,20-21,34,36-37H,7-11,13-15H2,1-6H3/t20-,21+,31-/m1/s1. The number of aliphatic hydroxyl groups is 2. The monoisotopic (exact) mass is 508 g/mol. The van der Waals surface area contributed by atoms with E-state index in [2.05, 4.69) is 33.8 Å². The van der Waals surface area contributed by atoms with E-state index < -0.39 is 28.8 Å². The van der Waals surface area contributed by atoms with Gasteiger partial charge in [0.05, 0.1) is 5.56 Å². The number of Topliss-reactive ketones (excluding diaryl/α,β-unsaturated/α-hetero) is 3. The molecule has 3 aliphatic rings. The number of carbonyl (C=O) groups excluding carboxylic acids is 3. The van der Waals surface area contributed by atoms with Crippen molar-refractivity contribution in [3.8, 4) is 5.75 Å². The second-order valence-electron chi connectivity index (χ2n) is 12.4. The summed E-state index contributed by atoms with van der Waals surface area (Å²) in [6.45, 7) is 11.4. The minimum atomic E-state index is -1.94. The van der Waals surface area contributed by atoms with Crippen LogP contribution < -0.4 is 0 Å². The number of aryl methyl sites for hydroxylation is 2. The van der Waals surface area contributed by atoms with Crippen LogP contribution in [0.25, 0.3) is 0 Å². The zero-order valence-corrected chi connectivity index (χ0v) is 23.0. The molecule has 0 radical (unpaired) electrons. The highest BCUT2D eigenvalue weighted by Gasteiger charge is 2.56. The Balaban J connectivity index is 1.85. The van der Waals surface area contributed by atoms with Gasteiger partial charge in [-0.25, -0.2) is 0 Å². The summed E-state index contributed by atoms with van der Waals surface area (Å²) in [5, 5.41) is 34.1. The molecule has 4 rings (SSSR count). The first-order chi connectivity index (χ1) is 17.2. The molecule has 0 bridgehead atoms. The molecule has 3 N–H and O–H groups in total. The van der Waals surface area contributed by atoms with E-state index in [1.807, 2.05) is 0 Å². The lowest BCUT2D eigenvalue weighted by Crippen LogP contribution is -2.52. The summed E-state index contributed by atoms with van der Waals surface area (Å²) >= 11 is 0. The number of hydrogen-bond donors (Lipinski definition) is 3. The summed E-state index contributed by atoms with van der Waals surface area (Å²) in [5.41, 5.74) is 1.54. The van der Waals surface area contributed by atoms with E-state index in [1.165, 1.54) is 6.92 Å². The Morgan fingerprint density at radius 2 is 1.78 bits per heavy atom. The number of carbonyl (C=O) groups is 3. The smallest absolute Gasteiger partial charge is 0.193 e. The van der Waals surface area contributed by atoms with Crippen LogP contribution in [0.5, 0.6) is 5.75 Å². The van der Waals surface area contributed by atoms with E-state index in [4.69, 9.17) is 0 Å². The van der Waals surface area contributed by atoms with Crippen LogP contribution in [0.1, 0.15) is 101 Å². The number of aromatic hydroxyl groups is 1. The van der Waals surface area contributed by atoms with Crippen molar-refractivity contribution in [2.45, 2.75) is 98.5 Å². The van der Waals surface area contributed by atoms with Gasteiger partial charge in [-0.2, -0.15) is 0 Å². The van der Waals surface area contributed by atoms with Crippen molar-refractivity contribution in [2.24, 2.45) is 17.3 Å². The van der Waals surface area contributed by atoms with Crippen molar-refractivity contribution >= 4 is 17.3 Å². The number of rotatable bonds is 6. The molecule has 0 aliphatic heterocycles. The predicted octanol–water partition coefficient (Wildman–Crippen LogP) is 5.51. The third kappa shape index (κ3) is 4.47. The second kappa shape index (κ2) is 9.54. The van der Waals surface area contributed by atoms with Crippen LogP contribution in [-0.4, -0.2) is 38.3 Å². The number of benzene rings is 1. The van der Waals surface area contributed by atoms with E-state index in [0.717, 1.165) is 42.4 Å². The maximum Gasteiger partial charge on any atom is 0.193 e. The number of phenolic OH excluding ortho intramolecular Hbond substituents is 1. The summed E-state index contributed by atoms with van der Waals surface area (Å²) in [7, 11) is 0. The molecule has 0 amide bonds. The minimum Gasteiger partial charge on any atom is -0.508 e. The SMILES string of the molecule is CCCc1cc(CCCC(C)(C)C)c(O)c2c1C[C@H]1C[C@H]3CC(=O)C(C(C)=O)=C(O)[C@@]3(O)C(C)=C1C2=O. The van der Waals surface area contributed by atoms with E-state index in [0.29, 0.717) is 30.4 Å². The Kier molecular flexibility index (Phi) is 7.04. The van der Waals surface area contributed by atoms with Crippen LogP contribution in [0.4, 0.5) is 0 Å². The molecule has 6 nitrogen and oxygen atoms in total. The fourth-order valence-corrected chi connectivity index (χ4v) is 6.78. The first-order valence-corrected chi connectivity index (χ1v) is 13.5. The van der Waals surface area contributed by atoms with Gasteiger partial charge in [0, 0.05) is 17.9 Å². The predicted molar refractivity (Wildman–Crippen MR) is 142 cm³/mol. The van der Waals surface area contributed by atoms with Gasteiger partial charge in [-0.05, 0) is 86.0 Å². The van der Waals surface area contributed by atoms with Crippen LogP contribution in [0.2, 0.25) is 0 Å². The Bertz CT molecular complexity index is 1240. The molecule has 1 aromatic rings. The zero-order chi connectivity index (χ0) is 27.4. The second-order valence-corrected chi connectivity index (χ2v) is 12.4. The highest BCUT2D eigenvalue weighted by atomic mass is 16.3. The van der Waals surface area contributed by atoms with Crippen LogP contribution >= 0.6 is 0 Å². The van der Waals surface area contributed by atoms with Crippen molar-refractivity contribution in [1.29, 1.82) is 0 Å². The van der Waals surface area contributed by atoms with Gasteiger partial charge >= 0.3 is 0 Å². The van der Waals surface area contributed by atoms with Crippen molar-refractivity contribution in [2.75, 3.05) is 0 Å². The molecule has 3 atom stereocenters. The molecule has 1 aromatic carbocycles. The lowest BCUT2D eigenvalue weighted by Gasteiger charge is -2.48. The van der Waals surface area contributed by atoms with Crippen molar-refractivity contribution in [3.63, 3.8) is 0 Å². The van der Waals surface area contributed by atoms with E-state index in [-0.39, 0.29) is 40.4 Å². The Morgan fingerprint density at radius 3 is 2.38 bits per heavy atom. The van der Waals surface area contributed by atoms with Crippen molar-refractivity contribution in [1.82, 2.24) is 0 Å². The molecule has 0 fully saturated rings. The molecular formula is C31H40O6. The number of aliphatic hydroxyl groups excluding tert-OH is 1. The third-order valence-electron chi connectivity index (χ3n) is 8.60. The molecule has 0 unspecified atom stereocenters. The normalized spacial score (nSPS) is 25.7. The van der Waals surface area contributed by atoms with Gasteiger partial charge in [0.15, 0.2) is 17.3 Å².